The van der Waals surface area contributed by atoms with E-state index in [2.05, 4.69) is 11.9 Å². The fraction of sp³-hybridized carbons (Fsp3) is 0.700. The first-order valence-corrected chi connectivity index (χ1v) is 5.49. The van der Waals surface area contributed by atoms with Gasteiger partial charge in [-0.2, -0.15) is 0 Å². The molecule has 1 fully saturated rings. The summed E-state index contributed by atoms with van der Waals surface area (Å²) in [6.07, 6.45) is 4.99. The SMILES string of the molecule is CC1CCC(c2cnc(CCCl)o2)O1. The third kappa shape index (κ3) is 2.10. The molecule has 2 unspecified atom stereocenters. The van der Waals surface area contributed by atoms with Crippen LogP contribution in [-0.4, -0.2) is 17.0 Å². The van der Waals surface area contributed by atoms with Gasteiger partial charge in [-0.15, -0.1) is 11.6 Å². The maximum atomic E-state index is 5.67. The van der Waals surface area contributed by atoms with E-state index in [0.29, 0.717) is 24.3 Å². The summed E-state index contributed by atoms with van der Waals surface area (Å²) in [5.74, 6) is 2.09. The van der Waals surface area contributed by atoms with Crippen LogP contribution in [0.2, 0.25) is 0 Å². The molecule has 0 radical (unpaired) electrons. The Morgan fingerprint density at radius 2 is 2.43 bits per heavy atom. The fourth-order valence-corrected chi connectivity index (χ4v) is 1.84. The molecule has 14 heavy (non-hydrogen) atoms. The second kappa shape index (κ2) is 4.32. The first-order chi connectivity index (χ1) is 6.79. The number of halogens is 1. The van der Waals surface area contributed by atoms with Crippen LogP contribution in [0.15, 0.2) is 10.6 Å². The molecular formula is C10H14ClNO2. The number of aromatic nitrogens is 1. The summed E-state index contributed by atoms with van der Waals surface area (Å²) in [7, 11) is 0. The van der Waals surface area contributed by atoms with Gasteiger partial charge in [0, 0.05) is 12.3 Å². The minimum absolute atomic E-state index is 0.0987. The van der Waals surface area contributed by atoms with Gasteiger partial charge < -0.3 is 9.15 Å². The molecule has 78 valence electrons. The lowest BCUT2D eigenvalue weighted by atomic mass is 10.2. The van der Waals surface area contributed by atoms with Gasteiger partial charge in [0.25, 0.3) is 0 Å². The number of ether oxygens (including phenoxy) is 1. The van der Waals surface area contributed by atoms with Crippen LogP contribution in [0.5, 0.6) is 0 Å². The van der Waals surface area contributed by atoms with Crippen LogP contribution >= 0.6 is 11.6 Å². The highest BCUT2D eigenvalue weighted by Gasteiger charge is 2.26. The summed E-state index contributed by atoms with van der Waals surface area (Å²) in [6.45, 7) is 2.08. The van der Waals surface area contributed by atoms with Gasteiger partial charge in [0.1, 0.15) is 6.10 Å². The van der Waals surface area contributed by atoms with Crippen molar-refractivity contribution in [1.29, 1.82) is 0 Å². The Bertz CT molecular complexity index is 300. The number of oxazole rings is 1. The molecule has 2 rings (SSSR count). The Hall–Kier alpha value is -0.540. The molecule has 1 saturated heterocycles. The van der Waals surface area contributed by atoms with Crippen LogP contribution in [0.4, 0.5) is 0 Å². The molecule has 0 bridgehead atoms. The van der Waals surface area contributed by atoms with Crippen molar-refractivity contribution in [2.75, 3.05) is 5.88 Å². The monoisotopic (exact) mass is 215 g/mol. The van der Waals surface area contributed by atoms with Crippen molar-refractivity contribution in [3.63, 3.8) is 0 Å². The van der Waals surface area contributed by atoms with Gasteiger partial charge in [-0.1, -0.05) is 0 Å². The molecule has 0 N–H and O–H groups in total. The average molecular weight is 216 g/mol. The summed E-state index contributed by atoms with van der Waals surface area (Å²) in [4.78, 5) is 4.14. The Balaban J connectivity index is 2.02. The molecule has 1 aliphatic heterocycles. The number of nitrogens with zero attached hydrogens (tertiary/aromatic N) is 1. The van der Waals surface area contributed by atoms with Crippen LogP contribution in [0.1, 0.15) is 37.5 Å². The lowest BCUT2D eigenvalue weighted by molar-refractivity contribution is 0.0418. The van der Waals surface area contributed by atoms with Crippen LogP contribution in [0.25, 0.3) is 0 Å². The predicted molar refractivity (Wildman–Crippen MR) is 53.4 cm³/mol. The van der Waals surface area contributed by atoms with Gasteiger partial charge >= 0.3 is 0 Å². The standard InChI is InChI=1S/C10H14ClNO2/c1-7-2-3-8(13-7)9-6-12-10(14-9)4-5-11/h6-8H,2-5H2,1H3. The highest BCUT2D eigenvalue weighted by Crippen LogP contribution is 2.32. The van der Waals surface area contributed by atoms with Crippen LogP contribution in [0.3, 0.4) is 0 Å². The normalized spacial score (nSPS) is 27.0. The van der Waals surface area contributed by atoms with Crippen molar-refractivity contribution in [2.45, 2.75) is 38.4 Å². The van der Waals surface area contributed by atoms with E-state index in [0.717, 1.165) is 18.6 Å². The third-order valence-electron chi connectivity index (χ3n) is 2.43. The summed E-state index contributed by atoms with van der Waals surface area (Å²) >= 11 is 5.60. The number of hydrogen-bond donors (Lipinski definition) is 0. The Morgan fingerprint density at radius 1 is 1.57 bits per heavy atom. The van der Waals surface area contributed by atoms with E-state index < -0.39 is 0 Å². The predicted octanol–water partition coefficient (Wildman–Crippen LogP) is 2.70. The smallest absolute Gasteiger partial charge is 0.195 e. The van der Waals surface area contributed by atoms with Gasteiger partial charge in [-0.3, -0.25) is 0 Å². The third-order valence-corrected chi connectivity index (χ3v) is 2.62. The number of rotatable bonds is 3. The largest absolute Gasteiger partial charge is 0.443 e. The number of aryl methyl sites for hydroxylation is 1. The van der Waals surface area contributed by atoms with Crippen molar-refractivity contribution < 1.29 is 9.15 Å². The minimum Gasteiger partial charge on any atom is -0.443 e. The zero-order valence-electron chi connectivity index (χ0n) is 8.20. The zero-order chi connectivity index (χ0) is 9.97. The molecule has 1 aliphatic rings. The highest BCUT2D eigenvalue weighted by atomic mass is 35.5. The van der Waals surface area contributed by atoms with Gasteiger partial charge in [-0.25, -0.2) is 4.98 Å². The fourth-order valence-electron chi connectivity index (χ4n) is 1.68. The molecule has 0 spiro atoms. The molecule has 0 amide bonds. The Morgan fingerprint density at radius 3 is 3.07 bits per heavy atom. The molecule has 1 aromatic heterocycles. The van der Waals surface area contributed by atoms with E-state index in [9.17, 15) is 0 Å². The summed E-state index contributed by atoms with van der Waals surface area (Å²) in [5.41, 5.74) is 0. The van der Waals surface area contributed by atoms with Crippen molar-refractivity contribution in [3.05, 3.63) is 17.8 Å². The summed E-state index contributed by atoms with van der Waals surface area (Å²) in [5, 5.41) is 0. The second-order valence-corrected chi connectivity index (χ2v) is 3.99. The molecule has 3 nitrogen and oxygen atoms in total. The summed E-state index contributed by atoms with van der Waals surface area (Å²) < 4.78 is 11.2. The van der Waals surface area contributed by atoms with Crippen molar-refractivity contribution in [3.8, 4) is 0 Å². The lowest BCUT2D eigenvalue weighted by Crippen LogP contribution is -1.99. The van der Waals surface area contributed by atoms with Gasteiger partial charge in [0.05, 0.1) is 12.3 Å². The van der Waals surface area contributed by atoms with Gasteiger partial charge in [-0.05, 0) is 19.8 Å². The maximum absolute atomic E-state index is 5.67. The van der Waals surface area contributed by atoms with Crippen LogP contribution in [0, 0.1) is 0 Å². The van der Waals surface area contributed by atoms with Crippen molar-refractivity contribution in [1.82, 2.24) is 4.98 Å². The molecular weight excluding hydrogens is 202 g/mol. The van der Waals surface area contributed by atoms with E-state index in [1.165, 1.54) is 0 Å². The molecule has 4 heteroatoms. The molecule has 2 atom stereocenters. The van der Waals surface area contributed by atoms with Crippen molar-refractivity contribution >= 4 is 11.6 Å². The molecule has 0 saturated carbocycles. The Labute approximate surface area is 88.4 Å². The quantitative estimate of drug-likeness (QED) is 0.728. The van der Waals surface area contributed by atoms with Crippen LogP contribution in [-0.2, 0) is 11.2 Å². The topological polar surface area (TPSA) is 35.3 Å². The maximum Gasteiger partial charge on any atom is 0.195 e. The molecule has 0 aliphatic carbocycles. The molecule has 0 aromatic carbocycles. The van der Waals surface area contributed by atoms with Crippen LogP contribution < -0.4 is 0 Å². The van der Waals surface area contributed by atoms with E-state index >= 15 is 0 Å². The van der Waals surface area contributed by atoms with Gasteiger partial charge in [0.15, 0.2) is 11.7 Å². The lowest BCUT2D eigenvalue weighted by Gasteiger charge is -2.06. The first kappa shape index (κ1) is 9.99. The van der Waals surface area contributed by atoms with Gasteiger partial charge in [0.2, 0.25) is 0 Å². The minimum atomic E-state index is 0.0987. The van der Waals surface area contributed by atoms with E-state index in [1.807, 2.05) is 0 Å². The zero-order valence-corrected chi connectivity index (χ0v) is 8.96. The number of hydrogen-bond acceptors (Lipinski definition) is 3. The van der Waals surface area contributed by atoms with Crippen molar-refractivity contribution in [2.24, 2.45) is 0 Å². The average Bonchev–Trinajstić information content (AvgIpc) is 2.74. The number of alkyl halides is 1. The highest BCUT2D eigenvalue weighted by molar-refractivity contribution is 6.17. The molecule has 1 aromatic rings. The first-order valence-electron chi connectivity index (χ1n) is 4.95. The Kier molecular flexibility index (Phi) is 3.08. The molecule has 2 heterocycles. The van der Waals surface area contributed by atoms with E-state index in [-0.39, 0.29) is 6.10 Å². The second-order valence-electron chi connectivity index (χ2n) is 3.61. The van der Waals surface area contributed by atoms with E-state index in [1.54, 1.807) is 6.20 Å². The summed E-state index contributed by atoms with van der Waals surface area (Å²) in [6, 6.07) is 0. The van der Waals surface area contributed by atoms with E-state index in [4.69, 9.17) is 20.8 Å².